The van der Waals surface area contributed by atoms with Crippen LogP contribution in [0.15, 0.2) is 51.8 Å². The fourth-order valence-electron chi connectivity index (χ4n) is 3.08. The van der Waals surface area contributed by atoms with Crippen LogP contribution < -0.4 is 0 Å². The summed E-state index contributed by atoms with van der Waals surface area (Å²) in [5.41, 5.74) is 3.74. The Morgan fingerprint density at radius 3 is 1.83 bits per heavy atom. The number of halogens is 1. The molecule has 0 spiro atoms. The molecule has 0 heterocycles. The van der Waals surface area contributed by atoms with Crippen LogP contribution in [0, 0.1) is 0 Å². The lowest BCUT2D eigenvalue weighted by Crippen LogP contribution is -2.11. The minimum Gasteiger partial charge on any atom is -0.199 e. The van der Waals surface area contributed by atoms with E-state index >= 15 is 0 Å². The molecule has 2 aromatic rings. The first-order chi connectivity index (χ1) is 13.5. The van der Waals surface area contributed by atoms with E-state index in [1.54, 1.807) is 24.3 Å². The zero-order chi connectivity index (χ0) is 21.8. The quantitative estimate of drug-likeness (QED) is 0.435. The highest BCUT2D eigenvalue weighted by molar-refractivity contribution is 7.90. The molecule has 156 valence electrons. The van der Waals surface area contributed by atoms with Crippen LogP contribution in [-0.4, -0.2) is 14.6 Å². The number of allylic oxidation sites excluding steroid dienone is 1. The smallest absolute Gasteiger partial charge is 0.199 e. The van der Waals surface area contributed by atoms with Crippen molar-refractivity contribution in [3.05, 3.63) is 69.8 Å². The molecule has 0 unspecified atom stereocenters. The topological polar surface area (TPSA) is 46.5 Å². The summed E-state index contributed by atoms with van der Waals surface area (Å²) in [6, 6.07) is 11.3. The number of hydrogen-bond acceptors (Lipinski definition) is 2. The van der Waals surface area contributed by atoms with E-state index in [9.17, 15) is 8.42 Å². The third-order valence-electron chi connectivity index (χ3n) is 4.78. The second-order valence-corrected chi connectivity index (χ2v) is 10.1. The van der Waals surface area contributed by atoms with E-state index in [4.69, 9.17) is 11.6 Å². The molecule has 0 bridgehead atoms. The Labute approximate surface area is 180 Å². The van der Waals surface area contributed by atoms with Crippen LogP contribution in [-0.2, 0) is 10.0 Å². The fourth-order valence-corrected chi connectivity index (χ4v) is 4.73. The normalized spacial score (nSPS) is 12.9. The van der Waals surface area contributed by atoms with Crippen molar-refractivity contribution in [1.29, 1.82) is 0 Å². The first-order valence-corrected chi connectivity index (χ1v) is 11.7. The molecule has 0 N–H and O–H groups in total. The number of sulfonamides is 1. The summed E-state index contributed by atoms with van der Waals surface area (Å²) in [5.74, 6) is 0.485. The number of nitrogens with zero attached hydrogens (tertiary/aromatic N) is 1. The van der Waals surface area contributed by atoms with E-state index in [0.717, 1.165) is 22.3 Å². The van der Waals surface area contributed by atoms with E-state index in [1.807, 2.05) is 52.0 Å². The van der Waals surface area contributed by atoms with E-state index in [2.05, 4.69) is 18.2 Å². The minimum atomic E-state index is -3.82. The zero-order valence-corrected chi connectivity index (χ0v) is 19.6. The van der Waals surface area contributed by atoms with Crippen LogP contribution in [0.5, 0.6) is 0 Å². The Kier molecular flexibility index (Phi) is 7.84. The molecule has 2 rings (SSSR count). The summed E-state index contributed by atoms with van der Waals surface area (Å²) < 4.78 is 30.3. The van der Waals surface area contributed by atoms with Gasteiger partial charge in [-0.1, -0.05) is 83.5 Å². The van der Waals surface area contributed by atoms with Crippen LogP contribution in [0.4, 0.5) is 0 Å². The second kappa shape index (κ2) is 9.73. The summed E-state index contributed by atoms with van der Waals surface area (Å²) in [4.78, 5) is 0.350. The molecule has 2 aromatic carbocycles. The second-order valence-electron chi connectivity index (χ2n) is 8.13. The molecule has 0 aromatic heterocycles. The standard InChI is InChI=1S/C24H30ClNO2S/c1-16(2)20-14-22(17(3)4)24(23(15-20)18(5)6)29(27,28)26-13-7-8-19-9-11-21(25)12-10-19/h7-18H,1-6H3/b8-7+,26-13+. The van der Waals surface area contributed by atoms with Gasteiger partial charge in [-0.05, 0) is 58.2 Å². The minimum absolute atomic E-state index is 0.0794. The molecule has 0 saturated heterocycles. The van der Waals surface area contributed by atoms with Crippen molar-refractivity contribution < 1.29 is 8.42 Å². The van der Waals surface area contributed by atoms with E-state index in [0.29, 0.717) is 15.8 Å². The third-order valence-corrected chi connectivity index (χ3v) is 6.42. The predicted molar refractivity (Wildman–Crippen MR) is 125 cm³/mol. The van der Waals surface area contributed by atoms with Crippen molar-refractivity contribution in [3.63, 3.8) is 0 Å². The summed E-state index contributed by atoms with van der Waals surface area (Å²) in [5, 5.41) is 0.658. The van der Waals surface area contributed by atoms with Crippen molar-refractivity contribution >= 4 is 33.9 Å². The van der Waals surface area contributed by atoms with Crippen molar-refractivity contribution in [2.24, 2.45) is 4.40 Å². The number of benzene rings is 2. The van der Waals surface area contributed by atoms with E-state index in [-0.39, 0.29) is 11.8 Å². The van der Waals surface area contributed by atoms with Crippen molar-refractivity contribution in [3.8, 4) is 0 Å². The molecule has 5 heteroatoms. The Morgan fingerprint density at radius 2 is 1.38 bits per heavy atom. The lowest BCUT2D eigenvalue weighted by Gasteiger charge is -2.21. The van der Waals surface area contributed by atoms with Gasteiger partial charge in [-0.25, -0.2) is 0 Å². The maximum absolute atomic E-state index is 13.2. The van der Waals surface area contributed by atoms with Gasteiger partial charge in [0.15, 0.2) is 0 Å². The molecule has 3 nitrogen and oxygen atoms in total. The maximum atomic E-state index is 13.2. The molecule has 0 atom stereocenters. The first kappa shape index (κ1) is 23.4. The Balaban J connectivity index is 2.48. The molecular formula is C24H30ClNO2S. The molecule has 0 aliphatic heterocycles. The molecular weight excluding hydrogens is 402 g/mol. The van der Waals surface area contributed by atoms with Crippen molar-refractivity contribution in [1.82, 2.24) is 0 Å². The van der Waals surface area contributed by atoms with Crippen molar-refractivity contribution in [2.45, 2.75) is 64.2 Å². The number of rotatable bonds is 7. The highest BCUT2D eigenvalue weighted by Gasteiger charge is 2.26. The summed E-state index contributed by atoms with van der Waals surface area (Å²) in [6.45, 7) is 12.3. The van der Waals surface area contributed by atoms with E-state index < -0.39 is 10.0 Å². The molecule has 0 fully saturated rings. The van der Waals surface area contributed by atoms with Gasteiger partial charge < -0.3 is 0 Å². The Hall–Kier alpha value is -1.91. The average Bonchev–Trinajstić information content (AvgIpc) is 2.65. The largest absolute Gasteiger partial charge is 0.282 e. The van der Waals surface area contributed by atoms with E-state index in [1.165, 1.54) is 6.21 Å². The Morgan fingerprint density at radius 1 is 0.862 bits per heavy atom. The van der Waals surface area contributed by atoms with Crippen LogP contribution in [0.2, 0.25) is 5.02 Å². The highest BCUT2D eigenvalue weighted by Crippen LogP contribution is 2.35. The van der Waals surface area contributed by atoms with Crippen LogP contribution >= 0.6 is 11.6 Å². The molecule has 0 aliphatic rings. The fraction of sp³-hybridized carbons (Fsp3) is 0.375. The third kappa shape index (κ3) is 6.03. The molecule has 0 saturated carbocycles. The summed E-state index contributed by atoms with van der Waals surface area (Å²) >= 11 is 5.88. The van der Waals surface area contributed by atoms with Crippen molar-refractivity contribution in [2.75, 3.05) is 0 Å². The summed E-state index contributed by atoms with van der Waals surface area (Å²) in [6.07, 6.45) is 4.77. The molecule has 0 radical (unpaired) electrons. The monoisotopic (exact) mass is 431 g/mol. The number of hydrogen-bond donors (Lipinski definition) is 0. The van der Waals surface area contributed by atoms with Gasteiger partial charge in [0.25, 0.3) is 10.0 Å². The Bertz CT molecular complexity index is 973. The molecule has 0 aliphatic carbocycles. The average molecular weight is 432 g/mol. The lowest BCUT2D eigenvalue weighted by molar-refractivity contribution is 0.592. The maximum Gasteiger partial charge on any atom is 0.282 e. The van der Waals surface area contributed by atoms with Crippen LogP contribution in [0.3, 0.4) is 0 Å². The predicted octanol–water partition coefficient (Wildman–Crippen LogP) is 7.18. The first-order valence-electron chi connectivity index (χ1n) is 9.93. The van der Waals surface area contributed by atoms with Gasteiger partial charge in [-0.2, -0.15) is 12.8 Å². The lowest BCUT2D eigenvalue weighted by atomic mass is 9.89. The SMILES string of the molecule is CC(C)c1cc(C(C)C)c(S(=O)(=O)/N=C/C=C/c2ccc(Cl)cc2)c(C(C)C)c1. The zero-order valence-electron chi connectivity index (χ0n) is 18.0. The van der Waals surface area contributed by atoms with Crippen LogP contribution in [0.1, 0.15) is 81.5 Å². The van der Waals surface area contributed by atoms with Gasteiger partial charge >= 0.3 is 0 Å². The van der Waals surface area contributed by atoms with Gasteiger partial charge in [0.2, 0.25) is 0 Å². The van der Waals surface area contributed by atoms with Gasteiger partial charge in [0, 0.05) is 11.2 Å². The van der Waals surface area contributed by atoms with Gasteiger partial charge in [-0.15, -0.1) is 0 Å². The van der Waals surface area contributed by atoms with Gasteiger partial charge in [0.05, 0.1) is 4.90 Å². The highest BCUT2D eigenvalue weighted by atomic mass is 35.5. The summed E-state index contributed by atoms with van der Waals surface area (Å²) in [7, 11) is -3.82. The molecule has 0 amide bonds. The van der Waals surface area contributed by atoms with Gasteiger partial charge in [-0.3, -0.25) is 0 Å². The van der Waals surface area contributed by atoms with Crippen LogP contribution in [0.25, 0.3) is 6.08 Å². The van der Waals surface area contributed by atoms with Gasteiger partial charge in [0.1, 0.15) is 0 Å². The molecule has 29 heavy (non-hydrogen) atoms.